The summed E-state index contributed by atoms with van der Waals surface area (Å²) >= 11 is 6.01. The second-order valence-corrected chi connectivity index (χ2v) is 9.11. The lowest BCUT2D eigenvalue weighted by Crippen LogP contribution is -2.21. The summed E-state index contributed by atoms with van der Waals surface area (Å²) in [6.07, 6.45) is 0. The van der Waals surface area contributed by atoms with Gasteiger partial charge in [0, 0.05) is 34.8 Å². The maximum atomic E-state index is 5.29. The Bertz CT molecular complexity index is 425. The Labute approximate surface area is 134 Å². The van der Waals surface area contributed by atoms with Crippen LogP contribution < -0.4 is 5.32 Å². The lowest BCUT2D eigenvalue weighted by Gasteiger charge is -2.30. The number of hydrogen-bond donors (Lipinski definition) is 1. The van der Waals surface area contributed by atoms with Crippen molar-refractivity contribution >= 4 is 34.9 Å². The highest BCUT2D eigenvalue weighted by Gasteiger charge is 2.29. The van der Waals surface area contributed by atoms with E-state index in [4.69, 9.17) is 9.72 Å². The first-order valence-corrected chi connectivity index (χ1v) is 9.91. The average Bonchev–Trinajstić information content (AvgIpc) is 2.83. The molecule has 6 heteroatoms. The average molecular weight is 333 g/mol. The number of methoxy groups -OCH3 is 1. The quantitative estimate of drug-likeness (QED) is 0.859. The van der Waals surface area contributed by atoms with Crippen molar-refractivity contribution in [3.05, 3.63) is 15.6 Å². The van der Waals surface area contributed by atoms with Gasteiger partial charge in [-0.25, -0.2) is 4.98 Å². The minimum Gasteiger partial charge on any atom is -0.378 e. The van der Waals surface area contributed by atoms with E-state index in [1.165, 1.54) is 15.6 Å². The topological polar surface area (TPSA) is 34.2 Å². The zero-order valence-corrected chi connectivity index (χ0v) is 15.1. The van der Waals surface area contributed by atoms with Gasteiger partial charge in [-0.3, -0.25) is 0 Å². The Balaban J connectivity index is 2.11. The molecule has 0 spiro atoms. The highest BCUT2D eigenvalue weighted by atomic mass is 32.2. The number of thioether (sulfide) groups is 2. The number of rotatable bonds is 6. The lowest BCUT2D eigenvalue weighted by atomic mass is 10.3. The van der Waals surface area contributed by atoms with Gasteiger partial charge in [0.2, 0.25) is 0 Å². The van der Waals surface area contributed by atoms with Crippen molar-refractivity contribution in [2.75, 3.05) is 19.4 Å². The number of hydrogen-bond acceptors (Lipinski definition) is 6. The molecule has 2 heterocycles. The van der Waals surface area contributed by atoms with E-state index in [0.29, 0.717) is 17.1 Å². The van der Waals surface area contributed by atoms with Gasteiger partial charge in [0.05, 0.1) is 17.6 Å². The molecule has 3 atom stereocenters. The number of ether oxygens (including phenoxy) is 1. The molecule has 114 valence electrons. The molecule has 1 fully saturated rings. The van der Waals surface area contributed by atoms with Gasteiger partial charge in [-0.05, 0) is 6.54 Å². The molecule has 3 unspecified atom stereocenters. The molecule has 1 aliphatic heterocycles. The van der Waals surface area contributed by atoms with Gasteiger partial charge in [-0.1, -0.05) is 20.8 Å². The van der Waals surface area contributed by atoms with Crippen LogP contribution in [-0.4, -0.2) is 34.9 Å². The molecule has 2 rings (SSSR count). The fourth-order valence-electron chi connectivity index (χ4n) is 2.08. The fraction of sp³-hybridized carbons (Fsp3) is 0.786. The zero-order valence-electron chi connectivity index (χ0n) is 12.6. The van der Waals surface area contributed by atoms with Crippen LogP contribution in [0.2, 0.25) is 0 Å². The van der Waals surface area contributed by atoms with Crippen LogP contribution in [0.1, 0.15) is 41.6 Å². The molecule has 0 aliphatic carbocycles. The molecular weight excluding hydrogens is 308 g/mol. The van der Waals surface area contributed by atoms with Crippen LogP contribution in [-0.2, 0) is 17.9 Å². The molecule has 1 N–H and O–H groups in total. The van der Waals surface area contributed by atoms with Crippen LogP contribution in [0, 0.1) is 0 Å². The molecule has 0 bridgehead atoms. The minimum absolute atomic E-state index is 0.544. The SMILES string of the molecule is CCNCc1sc(C2CSC(C)C(C)S2)nc1COC. The molecular formula is C14H24N2OS3. The second kappa shape index (κ2) is 8.03. The van der Waals surface area contributed by atoms with E-state index in [-0.39, 0.29) is 0 Å². The Morgan fingerprint density at radius 3 is 2.80 bits per heavy atom. The Morgan fingerprint density at radius 1 is 1.35 bits per heavy atom. The third-order valence-corrected chi connectivity index (χ3v) is 8.20. The van der Waals surface area contributed by atoms with Crippen molar-refractivity contribution in [1.82, 2.24) is 10.3 Å². The maximum Gasteiger partial charge on any atom is 0.107 e. The molecule has 20 heavy (non-hydrogen) atoms. The van der Waals surface area contributed by atoms with Crippen molar-refractivity contribution < 1.29 is 4.74 Å². The van der Waals surface area contributed by atoms with E-state index < -0.39 is 0 Å². The van der Waals surface area contributed by atoms with E-state index in [1.54, 1.807) is 7.11 Å². The molecule has 1 aromatic heterocycles. The summed E-state index contributed by atoms with van der Waals surface area (Å²) in [6, 6.07) is 0. The summed E-state index contributed by atoms with van der Waals surface area (Å²) in [6.45, 7) is 9.30. The van der Waals surface area contributed by atoms with Crippen molar-refractivity contribution in [2.24, 2.45) is 0 Å². The summed E-state index contributed by atoms with van der Waals surface area (Å²) in [5, 5.41) is 6.67. The van der Waals surface area contributed by atoms with Gasteiger partial charge >= 0.3 is 0 Å². The Kier molecular flexibility index (Phi) is 6.68. The van der Waals surface area contributed by atoms with Crippen molar-refractivity contribution in [1.29, 1.82) is 0 Å². The summed E-state index contributed by atoms with van der Waals surface area (Å²) in [4.78, 5) is 6.19. The minimum atomic E-state index is 0.544. The first kappa shape index (κ1) is 16.6. The zero-order chi connectivity index (χ0) is 14.5. The summed E-state index contributed by atoms with van der Waals surface area (Å²) < 4.78 is 5.29. The number of nitrogens with one attached hydrogen (secondary N) is 1. The van der Waals surface area contributed by atoms with E-state index in [1.807, 2.05) is 11.3 Å². The first-order chi connectivity index (χ1) is 9.65. The van der Waals surface area contributed by atoms with E-state index in [0.717, 1.165) is 24.0 Å². The first-order valence-electron chi connectivity index (χ1n) is 7.10. The Hall–Kier alpha value is 0.250. The standard InChI is InChI=1S/C14H24N2OS3/c1-5-15-6-12-11(7-17-4)16-14(20-12)13-8-18-9(2)10(3)19-13/h9-10,13,15H,5-8H2,1-4H3. The molecule has 0 saturated carbocycles. The highest BCUT2D eigenvalue weighted by Crippen LogP contribution is 2.45. The Morgan fingerprint density at radius 2 is 2.15 bits per heavy atom. The smallest absolute Gasteiger partial charge is 0.107 e. The van der Waals surface area contributed by atoms with E-state index in [2.05, 4.69) is 49.6 Å². The van der Waals surface area contributed by atoms with E-state index >= 15 is 0 Å². The van der Waals surface area contributed by atoms with Crippen LogP contribution >= 0.6 is 34.9 Å². The van der Waals surface area contributed by atoms with Gasteiger partial charge < -0.3 is 10.1 Å². The van der Waals surface area contributed by atoms with Crippen molar-refractivity contribution in [3.63, 3.8) is 0 Å². The van der Waals surface area contributed by atoms with Gasteiger partial charge in [-0.2, -0.15) is 11.8 Å². The third kappa shape index (κ3) is 4.13. The van der Waals surface area contributed by atoms with Crippen LogP contribution in [0.5, 0.6) is 0 Å². The molecule has 1 aliphatic rings. The number of nitrogens with zero attached hydrogens (tertiary/aromatic N) is 1. The number of thiazole rings is 1. The fourth-order valence-corrected chi connectivity index (χ4v) is 6.31. The second-order valence-electron chi connectivity index (χ2n) is 5.00. The highest BCUT2D eigenvalue weighted by molar-refractivity contribution is 8.07. The predicted octanol–water partition coefficient (Wildman–Crippen LogP) is 3.70. The largest absolute Gasteiger partial charge is 0.378 e. The third-order valence-electron chi connectivity index (χ3n) is 3.44. The molecule has 0 radical (unpaired) electrons. The summed E-state index contributed by atoms with van der Waals surface area (Å²) in [7, 11) is 1.74. The normalized spacial score (nSPS) is 26.9. The van der Waals surface area contributed by atoms with Crippen LogP contribution in [0.25, 0.3) is 0 Å². The van der Waals surface area contributed by atoms with Crippen LogP contribution in [0.15, 0.2) is 0 Å². The monoisotopic (exact) mass is 332 g/mol. The molecule has 1 saturated heterocycles. The van der Waals surface area contributed by atoms with Crippen LogP contribution in [0.4, 0.5) is 0 Å². The summed E-state index contributed by atoms with van der Waals surface area (Å²) in [5.74, 6) is 1.18. The van der Waals surface area contributed by atoms with Crippen molar-refractivity contribution in [3.8, 4) is 0 Å². The maximum absolute atomic E-state index is 5.29. The van der Waals surface area contributed by atoms with Crippen molar-refractivity contribution in [2.45, 2.75) is 49.7 Å². The van der Waals surface area contributed by atoms with Gasteiger partial charge in [0.1, 0.15) is 5.01 Å². The molecule has 0 aromatic carbocycles. The lowest BCUT2D eigenvalue weighted by molar-refractivity contribution is 0.181. The molecule has 3 nitrogen and oxygen atoms in total. The predicted molar refractivity (Wildman–Crippen MR) is 91.9 cm³/mol. The van der Waals surface area contributed by atoms with Gasteiger partial charge in [0.15, 0.2) is 0 Å². The van der Waals surface area contributed by atoms with Crippen LogP contribution in [0.3, 0.4) is 0 Å². The number of aromatic nitrogens is 1. The summed E-state index contributed by atoms with van der Waals surface area (Å²) in [5.41, 5.74) is 1.12. The van der Waals surface area contributed by atoms with Gasteiger partial charge in [0.25, 0.3) is 0 Å². The van der Waals surface area contributed by atoms with Gasteiger partial charge in [-0.15, -0.1) is 23.1 Å². The molecule has 1 aromatic rings. The molecule has 0 amide bonds. The van der Waals surface area contributed by atoms with E-state index in [9.17, 15) is 0 Å².